The van der Waals surface area contributed by atoms with Gasteiger partial charge in [0.25, 0.3) is 5.91 Å². The molecule has 0 bridgehead atoms. The van der Waals surface area contributed by atoms with Crippen molar-refractivity contribution < 1.29 is 9.18 Å². The Labute approximate surface area is 120 Å². The number of hydrogen-bond acceptors (Lipinski definition) is 4. The summed E-state index contributed by atoms with van der Waals surface area (Å²) >= 11 is 1.23. The van der Waals surface area contributed by atoms with Gasteiger partial charge in [0, 0.05) is 11.0 Å². The van der Waals surface area contributed by atoms with Crippen LogP contribution in [0.4, 0.5) is 14.5 Å². The Hall–Kier alpha value is -1.95. The number of carbonyl (C=O) groups excluding carboxylic acids is 1. The highest BCUT2D eigenvalue weighted by Gasteiger charge is 2.22. The van der Waals surface area contributed by atoms with Gasteiger partial charge in [0.05, 0.1) is 5.69 Å². The number of benzene rings is 1. The predicted octanol–water partition coefficient (Wildman–Crippen LogP) is 3.41. The smallest absolute Gasteiger partial charge is 0.257 e. The first-order valence-electron chi connectivity index (χ1n) is 6.11. The van der Waals surface area contributed by atoms with Crippen LogP contribution in [-0.4, -0.2) is 10.9 Å². The van der Waals surface area contributed by atoms with Crippen molar-refractivity contribution in [2.24, 2.45) is 0 Å². The molecule has 2 rings (SSSR count). The third-order valence-electron chi connectivity index (χ3n) is 2.69. The van der Waals surface area contributed by atoms with E-state index in [0.717, 1.165) is 5.69 Å². The van der Waals surface area contributed by atoms with Crippen molar-refractivity contribution in [3.8, 4) is 0 Å². The summed E-state index contributed by atoms with van der Waals surface area (Å²) in [6, 6.07) is 5.33. The molecular formula is C14H16FN3OS. The number of nitrogens with two attached hydrogens (primary N) is 1. The van der Waals surface area contributed by atoms with Gasteiger partial charge in [-0.15, -0.1) is 0 Å². The van der Waals surface area contributed by atoms with Crippen LogP contribution < -0.4 is 11.1 Å². The minimum absolute atomic E-state index is 0.181. The lowest BCUT2D eigenvalue weighted by Crippen LogP contribution is -2.15. The Morgan fingerprint density at radius 2 is 1.90 bits per heavy atom. The van der Waals surface area contributed by atoms with Crippen molar-refractivity contribution in [2.75, 3.05) is 11.1 Å². The fraction of sp³-hybridized carbons (Fsp3) is 0.286. The summed E-state index contributed by atoms with van der Waals surface area (Å²) in [6.07, 6.45) is 0. The summed E-state index contributed by atoms with van der Waals surface area (Å²) in [5.74, 6) is -0.714. The average Bonchev–Trinajstić information content (AvgIpc) is 2.70. The van der Waals surface area contributed by atoms with Crippen LogP contribution >= 0.6 is 11.3 Å². The number of halogens is 1. The van der Waals surface area contributed by atoms with Crippen LogP contribution in [0.5, 0.6) is 0 Å². The third-order valence-corrected chi connectivity index (χ3v) is 3.49. The first-order valence-corrected chi connectivity index (χ1v) is 6.93. The number of aromatic nitrogens is 1. The molecule has 106 valence electrons. The summed E-state index contributed by atoms with van der Waals surface area (Å²) in [7, 11) is 0. The third kappa shape index (κ3) is 3.14. The zero-order valence-electron chi connectivity index (χ0n) is 11.5. The number of anilines is 2. The zero-order valence-corrected chi connectivity index (χ0v) is 12.3. The first-order chi connectivity index (χ1) is 9.27. The molecule has 0 aliphatic carbocycles. The molecule has 20 heavy (non-hydrogen) atoms. The topological polar surface area (TPSA) is 68.0 Å². The highest BCUT2D eigenvalue weighted by Crippen LogP contribution is 2.34. The van der Waals surface area contributed by atoms with Crippen molar-refractivity contribution >= 4 is 27.4 Å². The fourth-order valence-electron chi connectivity index (χ4n) is 1.69. The van der Waals surface area contributed by atoms with Gasteiger partial charge in [-0.1, -0.05) is 32.1 Å². The van der Waals surface area contributed by atoms with Gasteiger partial charge in [-0.2, -0.15) is 0 Å². The monoisotopic (exact) mass is 293 g/mol. The number of nitrogens with one attached hydrogen (secondary N) is 1. The molecule has 1 heterocycles. The molecule has 0 saturated heterocycles. The molecule has 1 aromatic heterocycles. The zero-order chi connectivity index (χ0) is 14.9. The maximum Gasteiger partial charge on any atom is 0.257 e. The Kier molecular flexibility index (Phi) is 3.76. The molecule has 6 heteroatoms. The van der Waals surface area contributed by atoms with E-state index in [-0.39, 0.29) is 17.1 Å². The van der Waals surface area contributed by atoms with E-state index in [0.29, 0.717) is 15.7 Å². The number of carbonyl (C=O) groups is 1. The SMILES string of the molecule is CC(C)(C)c1nc(NC(=O)c2ccc(F)cc2)sc1N. The number of amides is 1. The highest BCUT2D eigenvalue weighted by atomic mass is 32.1. The van der Waals surface area contributed by atoms with Crippen LogP contribution in [0.3, 0.4) is 0 Å². The highest BCUT2D eigenvalue weighted by molar-refractivity contribution is 7.19. The largest absolute Gasteiger partial charge is 0.389 e. The van der Waals surface area contributed by atoms with Gasteiger partial charge in [0.1, 0.15) is 10.8 Å². The molecule has 1 aromatic carbocycles. The molecule has 0 aliphatic heterocycles. The van der Waals surface area contributed by atoms with Gasteiger partial charge < -0.3 is 5.73 Å². The van der Waals surface area contributed by atoms with E-state index in [1.165, 1.54) is 35.6 Å². The summed E-state index contributed by atoms with van der Waals surface area (Å²) < 4.78 is 12.8. The van der Waals surface area contributed by atoms with Crippen molar-refractivity contribution in [1.82, 2.24) is 4.98 Å². The molecule has 3 N–H and O–H groups in total. The Morgan fingerprint density at radius 1 is 1.30 bits per heavy atom. The molecule has 0 fully saturated rings. The van der Waals surface area contributed by atoms with Crippen LogP contribution in [0.1, 0.15) is 36.8 Å². The molecule has 0 unspecified atom stereocenters. The maximum atomic E-state index is 12.8. The van der Waals surface area contributed by atoms with E-state index in [4.69, 9.17) is 5.73 Å². The van der Waals surface area contributed by atoms with Crippen molar-refractivity contribution in [3.05, 3.63) is 41.3 Å². The minimum atomic E-state index is -0.380. The standard InChI is InChI=1S/C14H16FN3OS/c1-14(2,3)10-11(16)20-13(17-10)18-12(19)8-4-6-9(15)7-5-8/h4-7H,16H2,1-3H3,(H,17,18,19). The van der Waals surface area contributed by atoms with E-state index in [1.54, 1.807) is 0 Å². The van der Waals surface area contributed by atoms with Crippen LogP contribution in [-0.2, 0) is 5.41 Å². The average molecular weight is 293 g/mol. The molecule has 0 saturated carbocycles. The normalized spacial score (nSPS) is 11.4. The number of rotatable bonds is 2. The van der Waals surface area contributed by atoms with Crippen molar-refractivity contribution in [1.29, 1.82) is 0 Å². The summed E-state index contributed by atoms with van der Waals surface area (Å²) in [4.78, 5) is 16.3. The Bertz CT molecular complexity index is 629. The second-order valence-corrected chi connectivity index (χ2v) is 6.47. The Morgan fingerprint density at radius 3 is 2.40 bits per heavy atom. The van der Waals surface area contributed by atoms with E-state index >= 15 is 0 Å². The first kappa shape index (κ1) is 14.5. The summed E-state index contributed by atoms with van der Waals surface area (Å²) in [5, 5.41) is 3.71. The molecule has 2 aromatic rings. The van der Waals surface area contributed by atoms with Gasteiger partial charge >= 0.3 is 0 Å². The van der Waals surface area contributed by atoms with Crippen LogP contribution in [0.2, 0.25) is 0 Å². The van der Waals surface area contributed by atoms with Gasteiger partial charge in [-0.05, 0) is 24.3 Å². The lowest BCUT2D eigenvalue weighted by atomic mass is 9.93. The fourth-order valence-corrected chi connectivity index (χ4v) is 2.63. The molecule has 0 spiro atoms. The van der Waals surface area contributed by atoms with Crippen LogP contribution in [0.15, 0.2) is 24.3 Å². The summed E-state index contributed by atoms with van der Waals surface area (Å²) in [5.41, 5.74) is 6.87. The van der Waals surface area contributed by atoms with Gasteiger partial charge in [0.15, 0.2) is 5.13 Å². The quantitative estimate of drug-likeness (QED) is 0.891. The van der Waals surface area contributed by atoms with E-state index in [9.17, 15) is 9.18 Å². The number of thiazole rings is 1. The lowest BCUT2D eigenvalue weighted by molar-refractivity contribution is 0.102. The predicted molar refractivity (Wildman–Crippen MR) is 79.6 cm³/mol. The van der Waals surface area contributed by atoms with Gasteiger partial charge in [-0.3, -0.25) is 10.1 Å². The molecule has 1 amide bonds. The number of hydrogen-bond donors (Lipinski definition) is 2. The van der Waals surface area contributed by atoms with E-state index in [2.05, 4.69) is 10.3 Å². The molecule has 0 atom stereocenters. The Balaban J connectivity index is 2.18. The van der Waals surface area contributed by atoms with E-state index in [1.807, 2.05) is 20.8 Å². The van der Waals surface area contributed by atoms with Gasteiger partial charge in [0.2, 0.25) is 0 Å². The maximum absolute atomic E-state index is 12.8. The molecular weight excluding hydrogens is 277 g/mol. The van der Waals surface area contributed by atoms with Crippen LogP contribution in [0.25, 0.3) is 0 Å². The molecule has 4 nitrogen and oxygen atoms in total. The lowest BCUT2D eigenvalue weighted by Gasteiger charge is -2.15. The number of nitrogens with zero attached hydrogens (tertiary/aromatic N) is 1. The van der Waals surface area contributed by atoms with Crippen molar-refractivity contribution in [3.63, 3.8) is 0 Å². The minimum Gasteiger partial charge on any atom is -0.389 e. The second kappa shape index (κ2) is 5.20. The number of nitrogen functional groups attached to an aromatic ring is 1. The van der Waals surface area contributed by atoms with Gasteiger partial charge in [-0.25, -0.2) is 9.37 Å². The molecule has 0 radical (unpaired) electrons. The van der Waals surface area contributed by atoms with Crippen molar-refractivity contribution in [2.45, 2.75) is 26.2 Å². The molecule has 0 aliphatic rings. The second-order valence-electron chi connectivity index (χ2n) is 5.44. The van der Waals surface area contributed by atoms with E-state index < -0.39 is 0 Å². The van der Waals surface area contributed by atoms with Crippen LogP contribution in [0, 0.1) is 5.82 Å². The summed E-state index contributed by atoms with van der Waals surface area (Å²) in [6.45, 7) is 6.01.